The van der Waals surface area contributed by atoms with Crippen LogP contribution in [-0.2, 0) is 24.7 Å². The van der Waals surface area contributed by atoms with Gasteiger partial charge in [-0.3, -0.25) is 19.2 Å². The highest BCUT2D eigenvalue weighted by Crippen LogP contribution is 2.53. The minimum Gasteiger partial charge on any atom is -0.383 e. The van der Waals surface area contributed by atoms with E-state index in [0.29, 0.717) is 11.3 Å². The molecule has 2 aromatic carbocycles. The first-order chi connectivity index (χ1) is 15.4. The summed E-state index contributed by atoms with van der Waals surface area (Å²) in [4.78, 5) is 56.8. The average Bonchev–Trinajstić information content (AvgIpc) is 3.17. The number of rotatable bonds is 7. The van der Waals surface area contributed by atoms with E-state index >= 15 is 0 Å². The number of hydrogen-bond acceptors (Lipinski definition) is 5. The van der Waals surface area contributed by atoms with Gasteiger partial charge in [-0.1, -0.05) is 54.1 Å². The molecule has 2 amide bonds. The predicted molar refractivity (Wildman–Crippen MR) is 118 cm³/mol. The summed E-state index contributed by atoms with van der Waals surface area (Å²) in [7, 11) is 1.47. The number of likely N-dealkylation sites (tertiary alicyclic amines) is 1. The second kappa shape index (κ2) is 8.16. The van der Waals surface area contributed by atoms with Crippen molar-refractivity contribution in [3.8, 4) is 0 Å². The maximum atomic E-state index is 14.0. The molecule has 2 atom stereocenters. The predicted octanol–water partition coefficient (Wildman–Crippen LogP) is 2.28. The lowest BCUT2D eigenvalue weighted by Crippen LogP contribution is -2.56. The normalized spacial score (nSPS) is 22.1. The van der Waals surface area contributed by atoms with E-state index in [4.69, 9.17) is 4.74 Å². The van der Waals surface area contributed by atoms with Crippen molar-refractivity contribution in [3.05, 3.63) is 77.9 Å². The van der Waals surface area contributed by atoms with Crippen LogP contribution in [0, 0.1) is 12.8 Å². The SMILES string of the molecule is C=CCN1C(=O)C2(c3ccccc31)C(C(=O)c1ccc(C)cc1)C(=O)C(=O)N2CCOC. The lowest BCUT2D eigenvalue weighted by molar-refractivity contribution is -0.144. The van der Waals surface area contributed by atoms with E-state index in [9.17, 15) is 19.2 Å². The van der Waals surface area contributed by atoms with Gasteiger partial charge in [0.05, 0.1) is 12.3 Å². The van der Waals surface area contributed by atoms with Gasteiger partial charge in [0.25, 0.3) is 11.8 Å². The van der Waals surface area contributed by atoms with Gasteiger partial charge in [0.1, 0.15) is 5.92 Å². The molecule has 7 nitrogen and oxygen atoms in total. The first-order valence-electron chi connectivity index (χ1n) is 10.4. The summed E-state index contributed by atoms with van der Waals surface area (Å²) < 4.78 is 5.15. The summed E-state index contributed by atoms with van der Waals surface area (Å²) in [6, 6.07) is 13.7. The zero-order chi connectivity index (χ0) is 23.0. The zero-order valence-electron chi connectivity index (χ0n) is 18.0. The Balaban J connectivity index is 1.97. The molecule has 1 saturated heterocycles. The second-order valence-electron chi connectivity index (χ2n) is 7.97. The number of methoxy groups -OCH3 is 1. The Morgan fingerprint density at radius 2 is 1.81 bits per heavy atom. The van der Waals surface area contributed by atoms with E-state index in [0.717, 1.165) is 5.56 Å². The standard InChI is InChI=1S/C25H24N2O5/c1-4-13-26-19-8-6-5-7-18(19)25(24(26)31)20(21(28)17-11-9-16(2)10-12-17)22(29)23(30)27(25)14-15-32-3/h4-12,20H,1,13-15H2,2-3H3. The number of anilines is 1. The summed E-state index contributed by atoms with van der Waals surface area (Å²) in [5.74, 6) is -4.25. The summed E-state index contributed by atoms with van der Waals surface area (Å²) in [5, 5.41) is 0. The minimum atomic E-state index is -1.76. The monoisotopic (exact) mass is 432 g/mol. The Bertz CT molecular complexity index is 1120. The number of carbonyl (C=O) groups is 4. The lowest BCUT2D eigenvalue weighted by atomic mass is 9.75. The number of hydrogen-bond donors (Lipinski definition) is 0. The fourth-order valence-corrected chi connectivity index (χ4v) is 4.73. The molecule has 164 valence electrons. The van der Waals surface area contributed by atoms with E-state index in [1.165, 1.54) is 16.9 Å². The van der Waals surface area contributed by atoms with Crippen LogP contribution in [0.15, 0.2) is 61.2 Å². The van der Waals surface area contributed by atoms with Crippen LogP contribution in [0.2, 0.25) is 0 Å². The van der Waals surface area contributed by atoms with Crippen molar-refractivity contribution in [1.82, 2.24) is 4.90 Å². The molecule has 2 unspecified atom stereocenters. The number of ketones is 2. The molecular weight excluding hydrogens is 408 g/mol. The van der Waals surface area contributed by atoms with Crippen LogP contribution in [0.4, 0.5) is 5.69 Å². The quantitative estimate of drug-likeness (QED) is 0.290. The molecule has 2 heterocycles. The van der Waals surface area contributed by atoms with Crippen LogP contribution in [0.3, 0.4) is 0 Å². The number of Topliss-reactive ketones (excluding diaryl/α,β-unsaturated/α-hetero) is 2. The smallest absolute Gasteiger partial charge is 0.292 e. The van der Waals surface area contributed by atoms with Crippen LogP contribution in [-0.4, -0.2) is 55.1 Å². The number of para-hydroxylation sites is 1. The molecule has 2 aromatic rings. The molecule has 7 heteroatoms. The van der Waals surface area contributed by atoms with Gasteiger partial charge >= 0.3 is 0 Å². The van der Waals surface area contributed by atoms with Crippen molar-refractivity contribution in [1.29, 1.82) is 0 Å². The minimum absolute atomic E-state index is 0.000749. The molecule has 0 radical (unpaired) electrons. The molecule has 2 aliphatic rings. The molecule has 0 saturated carbocycles. The summed E-state index contributed by atoms with van der Waals surface area (Å²) >= 11 is 0. The summed E-state index contributed by atoms with van der Waals surface area (Å²) in [6.07, 6.45) is 1.57. The van der Waals surface area contributed by atoms with Gasteiger partial charge in [-0.25, -0.2) is 0 Å². The highest BCUT2D eigenvalue weighted by molar-refractivity contribution is 6.46. The van der Waals surface area contributed by atoms with Crippen LogP contribution in [0.1, 0.15) is 21.5 Å². The largest absolute Gasteiger partial charge is 0.383 e. The van der Waals surface area contributed by atoms with E-state index in [-0.39, 0.29) is 25.3 Å². The number of carbonyl (C=O) groups excluding carboxylic acids is 4. The van der Waals surface area contributed by atoms with Gasteiger partial charge in [-0.05, 0) is 13.0 Å². The number of nitrogens with zero attached hydrogens (tertiary/aromatic N) is 2. The lowest BCUT2D eigenvalue weighted by Gasteiger charge is -2.36. The molecule has 32 heavy (non-hydrogen) atoms. The molecule has 2 aliphatic heterocycles. The number of ether oxygens (including phenoxy) is 1. The molecule has 0 aliphatic carbocycles. The van der Waals surface area contributed by atoms with Crippen LogP contribution < -0.4 is 4.90 Å². The maximum absolute atomic E-state index is 14.0. The first-order valence-corrected chi connectivity index (χ1v) is 10.4. The Morgan fingerprint density at radius 3 is 2.47 bits per heavy atom. The van der Waals surface area contributed by atoms with Crippen LogP contribution in [0.25, 0.3) is 0 Å². The highest BCUT2D eigenvalue weighted by atomic mass is 16.5. The van der Waals surface area contributed by atoms with Crippen LogP contribution in [0.5, 0.6) is 0 Å². The number of amides is 2. The third-order valence-corrected chi connectivity index (χ3v) is 6.17. The van der Waals surface area contributed by atoms with E-state index in [1.54, 1.807) is 54.6 Å². The third kappa shape index (κ3) is 2.92. The van der Waals surface area contributed by atoms with Crippen molar-refractivity contribution >= 4 is 29.1 Å². The van der Waals surface area contributed by atoms with Crippen molar-refractivity contribution in [3.63, 3.8) is 0 Å². The zero-order valence-corrected chi connectivity index (χ0v) is 18.0. The van der Waals surface area contributed by atoms with Gasteiger partial charge in [-0.15, -0.1) is 6.58 Å². The Hall–Kier alpha value is -3.58. The van der Waals surface area contributed by atoms with Gasteiger partial charge in [0.15, 0.2) is 11.3 Å². The van der Waals surface area contributed by atoms with Crippen molar-refractivity contribution < 1.29 is 23.9 Å². The number of fused-ring (bicyclic) bond motifs is 2. The molecule has 1 spiro atoms. The van der Waals surface area contributed by atoms with Crippen LogP contribution >= 0.6 is 0 Å². The van der Waals surface area contributed by atoms with Crippen molar-refractivity contribution in [2.45, 2.75) is 12.5 Å². The molecular formula is C25H24N2O5. The fraction of sp³-hybridized carbons (Fsp3) is 0.280. The summed E-state index contributed by atoms with van der Waals surface area (Å²) in [5.41, 5.74) is 0.499. The molecule has 1 fully saturated rings. The van der Waals surface area contributed by atoms with Crippen molar-refractivity contribution in [2.24, 2.45) is 5.92 Å². The first kappa shape index (κ1) is 21.6. The van der Waals surface area contributed by atoms with Crippen molar-refractivity contribution in [2.75, 3.05) is 31.7 Å². The van der Waals surface area contributed by atoms with Gasteiger partial charge in [-0.2, -0.15) is 0 Å². The molecule has 0 N–H and O–H groups in total. The maximum Gasteiger partial charge on any atom is 0.292 e. The topological polar surface area (TPSA) is 84.0 Å². The van der Waals surface area contributed by atoms with E-state index in [2.05, 4.69) is 6.58 Å². The summed E-state index contributed by atoms with van der Waals surface area (Å²) in [6.45, 7) is 5.91. The highest BCUT2D eigenvalue weighted by Gasteiger charge is 2.70. The number of aryl methyl sites for hydroxylation is 1. The van der Waals surface area contributed by atoms with Gasteiger partial charge in [0, 0.05) is 31.3 Å². The van der Waals surface area contributed by atoms with E-state index < -0.39 is 34.8 Å². The second-order valence-corrected chi connectivity index (χ2v) is 7.97. The Kier molecular flexibility index (Phi) is 5.52. The van der Waals surface area contributed by atoms with Gasteiger partial charge < -0.3 is 14.5 Å². The molecule has 4 rings (SSSR count). The Morgan fingerprint density at radius 1 is 1.12 bits per heavy atom. The number of benzene rings is 2. The fourth-order valence-electron chi connectivity index (χ4n) is 4.73. The third-order valence-electron chi connectivity index (χ3n) is 6.17. The Labute approximate surface area is 186 Å². The molecule has 0 aromatic heterocycles. The van der Waals surface area contributed by atoms with E-state index in [1.807, 2.05) is 6.92 Å². The average molecular weight is 432 g/mol. The van der Waals surface area contributed by atoms with Gasteiger partial charge in [0.2, 0.25) is 5.78 Å². The molecule has 0 bridgehead atoms.